The van der Waals surface area contributed by atoms with Gasteiger partial charge in [0.25, 0.3) is 0 Å². The van der Waals surface area contributed by atoms with Crippen LogP contribution in [0.3, 0.4) is 0 Å². The Labute approximate surface area is 108 Å². The van der Waals surface area contributed by atoms with Crippen LogP contribution < -0.4 is 0 Å². The predicted molar refractivity (Wildman–Crippen MR) is 65.7 cm³/mol. The minimum absolute atomic E-state index is 0.167. The number of rotatable bonds is 6. The number of hydrogen-bond acceptors (Lipinski definition) is 5. The first-order chi connectivity index (χ1) is 8.57. The third-order valence-electron chi connectivity index (χ3n) is 3.42. The van der Waals surface area contributed by atoms with E-state index in [9.17, 15) is 5.11 Å². The molecule has 0 saturated heterocycles. The molecule has 1 aliphatic rings. The second kappa shape index (κ2) is 7.07. The molecule has 0 amide bonds. The summed E-state index contributed by atoms with van der Waals surface area (Å²) in [6.07, 6.45) is 6.12. The monoisotopic (exact) mass is 258 g/mol. The van der Waals surface area contributed by atoms with Gasteiger partial charge >= 0.3 is 0 Å². The van der Waals surface area contributed by atoms with Gasteiger partial charge < -0.3 is 24.1 Å². The van der Waals surface area contributed by atoms with Crippen LogP contribution in [0.15, 0.2) is 0 Å². The van der Waals surface area contributed by atoms with Gasteiger partial charge in [-0.25, -0.2) is 0 Å². The lowest BCUT2D eigenvalue weighted by Gasteiger charge is -2.42. The summed E-state index contributed by atoms with van der Waals surface area (Å²) in [6.45, 7) is 2.23. The van der Waals surface area contributed by atoms with Crippen LogP contribution in [0, 0.1) is 18.3 Å². The van der Waals surface area contributed by atoms with Crippen molar-refractivity contribution in [1.29, 1.82) is 0 Å². The van der Waals surface area contributed by atoms with Crippen LogP contribution in [0.4, 0.5) is 0 Å². The van der Waals surface area contributed by atoms with E-state index >= 15 is 0 Å². The maximum Gasteiger partial charge on any atom is 0.146 e. The number of terminal acetylenes is 1. The van der Waals surface area contributed by atoms with Crippen molar-refractivity contribution in [3.8, 4) is 12.3 Å². The van der Waals surface area contributed by atoms with Gasteiger partial charge in [-0.15, -0.1) is 6.42 Å². The predicted octanol–water partition coefficient (Wildman–Crippen LogP) is 0.759. The molecule has 0 radical (unpaired) electrons. The smallest absolute Gasteiger partial charge is 0.146 e. The molecule has 104 valence electrons. The topological polar surface area (TPSA) is 57.2 Å². The van der Waals surface area contributed by atoms with Gasteiger partial charge in [0.05, 0.1) is 12.2 Å². The fourth-order valence-corrected chi connectivity index (χ4v) is 2.24. The molecule has 0 aliphatic heterocycles. The average Bonchev–Trinajstić information content (AvgIpc) is 2.38. The van der Waals surface area contributed by atoms with Crippen LogP contribution in [0.2, 0.25) is 0 Å². The molecule has 18 heavy (non-hydrogen) atoms. The van der Waals surface area contributed by atoms with Crippen molar-refractivity contribution < 1.29 is 24.1 Å². The Kier molecular flexibility index (Phi) is 6.06. The maximum atomic E-state index is 10.4. The number of methoxy groups -OCH3 is 2. The minimum atomic E-state index is -1.21. The highest BCUT2D eigenvalue weighted by molar-refractivity contribution is 5.14. The molecule has 0 aromatic heterocycles. The standard InChI is InChI=1S/C13H22O5/c1-5-13(14)7-11(17-8-15-3)6-12(10(13)2)18-9-16-4/h1,10-12,14H,6-9H2,2-4H3/t10-,11-,12-,13+/m0/s1. The molecule has 0 bridgehead atoms. The third-order valence-corrected chi connectivity index (χ3v) is 3.42. The Balaban J connectivity index is 2.69. The first-order valence-electron chi connectivity index (χ1n) is 5.98. The largest absolute Gasteiger partial charge is 0.377 e. The highest BCUT2D eigenvalue weighted by atomic mass is 16.7. The number of aliphatic hydroxyl groups is 1. The zero-order chi connectivity index (χ0) is 13.6. The summed E-state index contributed by atoms with van der Waals surface area (Å²) in [5, 5.41) is 10.4. The molecule has 1 N–H and O–H groups in total. The van der Waals surface area contributed by atoms with E-state index in [1.54, 1.807) is 14.2 Å². The van der Waals surface area contributed by atoms with Gasteiger partial charge in [0.15, 0.2) is 0 Å². The summed E-state index contributed by atoms with van der Waals surface area (Å²) in [4.78, 5) is 0. The zero-order valence-corrected chi connectivity index (χ0v) is 11.2. The summed E-state index contributed by atoms with van der Waals surface area (Å²) >= 11 is 0. The Bertz CT molecular complexity index is 288. The molecule has 1 fully saturated rings. The van der Waals surface area contributed by atoms with Gasteiger partial charge in [-0.3, -0.25) is 0 Å². The van der Waals surface area contributed by atoms with Crippen LogP contribution in [-0.4, -0.2) is 50.7 Å². The van der Waals surface area contributed by atoms with E-state index in [4.69, 9.17) is 25.4 Å². The van der Waals surface area contributed by atoms with Gasteiger partial charge in [-0.1, -0.05) is 12.8 Å². The lowest BCUT2D eigenvalue weighted by atomic mass is 9.73. The third kappa shape index (κ3) is 3.67. The Morgan fingerprint density at radius 1 is 1.28 bits per heavy atom. The fraction of sp³-hybridized carbons (Fsp3) is 0.846. The molecule has 5 nitrogen and oxygen atoms in total. The summed E-state index contributed by atoms with van der Waals surface area (Å²) in [6, 6.07) is 0. The highest BCUT2D eigenvalue weighted by Gasteiger charge is 2.45. The van der Waals surface area contributed by atoms with Crippen LogP contribution in [-0.2, 0) is 18.9 Å². The molecule has 0 aromatic rings. The van der Waals surface area contributed by atoms with Crippen molar-refractivity contribution in [2.75, 3.05) is 27.8 Å². The van der Waals surface area contributed by atoms with Gasteiger partial charge in [0.1, 0.15) is 19.2 Å². The van der Waals surface area contributed by atoms with Crippen molar-refractivity contribution >= 4 is 0 Å². The summed E-state index contributed by atoms with van der Waals surface area (Å²) in [5.41, 5.74) is -1.21. The quantitative estimate of drug-likeness (QED) is 0.563. The molecule has 0 heterocycles. The number of hydrogen-bond donors (Lipinski definition) is 1. The molecule has 4 atom stereocenters. The van der Waals surface area contributed by atoms with Crippen LogP contribution >= 0.6 is 0 Å². The van der Waals surface area contributed by atoms with Gasteiger partial charge in [-0.2, -0.15) is 0 Å². The number of ether oxygens (including phenoxy) is 4. The van der Waals surface area contributed by atoms with Crippen molar-refractivity contribution in [2.45, 2.75) is 37.6 Å². The minimum Gasteiger partial charge on any atom is -0.377 e. The maximum absolute atomic E-state index is 10.4. The zero-order valence-electron chi connectivity index (χ0n) is 11.2. The molecular formula is C13H22O5. The molecule has 0 spiro atoms. The molecule has 1 rings (SSSR count). The Hall–Kier alpha value is -0.640. The van der Waals surface area contributed by atoms with E-state index < -0.39 is 5.60 Å². The lowest BCUT2D eigenvalue weighted by Crippen LogP contribution is -2.51. The van der Waals surface area contributed by atoms with Crippen LogP contribution in [0.25, 0.3) is 0 Å². The van der Waals surface area contributed by atoms with E-state index in [1.165, 1.54) is 0 Å². The first kappa shape index (κ1) is 15.4. The molecule has 1 aliphatic carbocycles. The molecular weight excluding hydrogens is 236 g/mol. The van der Waals surface area contributed by atoms with Gasteiger partial charge in [-0.05, 0) is 0 Å². The van der Waals surface area contributed by atoms with Crippen molar-refractivity contribution in [3.05, 3.63) is 0 Å². The van der Waals surface area contributed by atoms with E-state index in [0.29, 0.717) is 12.8 Å². The Morgan fingerprint density at radius 2 is 1.89 bits per heavy atom. The van der Waals surface area contributed by atoms with Crippen LogP contribution in [0.5, 0.6) is 0 Å². The van der Waals surface area contributed by atoms with Gasteiger partial charge in [0, 0.05) is 33.0 Å². The average molecular weight is 258 g/mol. The van der Waals surface area contributed by atoms with E-state index in [1.807, 2.05) is 6.92 Å². The first-order valence-corrected chi connectivity index (χ1v) is 5.98. The normalized spacial score (nSPS) is 36.3. The van der Waals surface area contributed by atoms with Crippen molar-refractivity contribution in [2.24, 2.45) is 5.92 Å². The SMILES string of the molecule is C#C[C@@]1(O)C[C@@H](OCOC)C[C@H](OCOC)[C@@H]1C. The molecule has 5 heteroatoms. The van der Waals surface area contributed by atoms with E-state index in [-0.39, 0.29) is 31.7 Å². The lowest BCUT2D eigenvalue weighted by molar-refractivity contribution is -0.183. The van der Waals surface area contributed by atoms with Crippen LogP contribution in [0.1, 0.15) is 19.8 Å². The second-order valence-corrected chi connectivity index (χ2v) is 4.60. The molecule has 0 aromatic carbocycles. The van der Waals surface area contributed by atoms with Gasteiger partial charge in [0.2, 0.25) is 0 Å². The summed E-state index contributed by atoms with van der Waals surface area (Å²) in [7, 11) is 3.11. The second-order valence-electron chi connectivity index (χ2n) is 4.60. The summed E-state index contributed by atoms with van der Waals surface area (Å²) in [5.74, 6) is 2.29. The Morgan fingerprint density at radius 3 is 2.44 bits per heavy atom. The fourth-order valence-electron chi connectivity index (χ4n) is 2.24. The van der Waals surface area contributed by atoms with Crippen molar-refractivity contribution in [3.63, 3.8) is 0 Å². The molecule has 0 unspecified atom stereocenters. The summed E-state index contributed by atoms with van der Waals surface area (Å²) < 4.78 is 20.8. The molecule has 1 saturated carbocycles. The highest BCUT2D eigenvalue weighted by Crippen LogP contribution is 2.36. The van der Waals surface area contributed by atoms with E-state index in [2.05, 4.69) is 5.92 Å². The van der Waals surface area contributed by atoms with Crippen molar-refractivity contribution in [1.82, 2.24) is 0 Å². The van der Waals surface area contributed by atoms with E-state index in [0.717, 1.165) is 0 Å².